The van der Waals surface area contributed by atoms with Crippen molar-refractivity contribution in [3.63, 3.8) is 0 Å². The van der Waals surface area contributed by atoms with Crippen LogP contribution in [0.4, 0.5) is 5.82 Å². The third-order valence-electron chi connectivity index (χ3n) is 4.93. The van der Waals surface area contributed by atoms with Gasteiger partial charge in [0, 0.05) is 40.7 Å². The first-order valence-electron chi connectivity index (χ1n) is 8.85. The number of anilines is 1. The van der Waals surface area contributed by atoms with Gasteiger partial charge in [-0.05, 0) is 30.5 Å². The van der Waals surface area contributed by atoms with Gasteiger partial charge in [0.05, 0.1) is 21.8 Å². The van der Waals surface area contributed by atoms with Crippen molar-refractivity contribution in [3.05, 3.63) is 40.6 Å². The van der Waals surface area contributed by atoms with Gasteiger partial charge in [-0.3, -0.25) is 5.10 Å². The Hall–Kier alpha value is -1.76. The van der Waals surface area contributed by atoms with Crippen molar-refractivity contribution in [1.82, 2.24) is 15.2 Å². The van der Waals surface area contributed by atoms with Gasteiger partial charge in [-0.15, -0.1) is 9.42 Å². The number of rotatable bonds is 5. The number of H-pyrrole nitrogens is 1. The number of aromatic amines is 1. The molecule has 4 rings (SSSR count). The molecule has 0 bridgehead atoms. The zero-order valence-electron chi connectivity index (χ0n) is 14.8. The molecular formula is C18H18Cl2N4O3P+. The van der Waals surface area contributed by atoms with Gasteiger partial charge in [0.15, 0.2) is 0 Å². The lowest BCUT2D eigenvalue weighted by Gasteiger charge is -2.33. The fraction of sp³-hybridized carbons (Fsp3) is 0.333. The zero-order valence-corrected chi connectivity index (χ0v) is 17.2. The smallest absolute Gasteiger partial charge is 0.356 e. The van der Waals surface area contributed by atoms with Gasteiger partial charge in [0.1, 0.15) is 12.4 Å². The first kappa shape index (κ1) is 19.6. The highest BCUT2D eigenvalue weighted by Crippen LogP contribution is 2.38. The Balaban J connectivity index is 1.75. The predicted molar refractivity (Wildman–Crippen MR) is 110 cm³/mol. The van der Waals surface area contributed by atoms with E-state index in [1.807, 2.05) is 18.3 Å². The highest BCUT2D eigenvalue weighted by atomic mass is 35.5. The zero-order chi connectivity index (χ0) is 19.7. The molecule has 0 spiro atoms. The lowest BCUT2D eigenvalue weighted by molar-refractivity contribution is 0.215. The molecule has 0 aliphatic carbocycles. The van der Waals surface area contributed by atoms with E-state index in [0.717, 1.165) is 41.7 Å². The highest BCUT2D eigenvalue weighted by Gasteiger charge is 2.26. The van der Waals surface area contributed by atoms with Gasteiger partial charge < -0.3 is 4.90 Å². The first-order valence-corrected chi connectivity index (χ1v) is 10.7. The molecule has 10 heteroatoms. The van der Waals surface area contributed by atoms with Crippen molar-refractivity contribution in [2.24, 2.45) is 5.92 Å². The minimum Gasteiger partial charge on any atom is -0.356 e. The molecule has 0 radical (unpaired) electrons. The van der Waals surface area contributed by atoms with Crippen LogP contribution in [0.3, 0.4) is 0 Å². The average molecular weight is 440 g/mol. The number of pyridine rings is 1. The van der Waals surface area contributed by atoms with E-state index in [9.17, 15) is 4.57 Å². The second-order valence-corrected chi connectivity index (χ2v) is 8.28. The van der Waals surface area contributed by atoms with E-state index in [2.05, 4.69) is 15.1 Å². The molecule has 28 heavy (non-hydrogen) atoms. The van der Waals surface area contributed by atoms with E-state index in [4.69, 9.17) is 37.6 Å². The van der Waals surface area contributed by atoms with Crippen LogP contribution >= 0.6 is 31.5 Å². The topological polar surface area (TPSA) is 91.3 Å². The number of nitrogens with zero attached hydrogens (tertiary/aromatic N) is 3. The fourth-order valence-electron chi connectivity index (χ4n) is 3.60. The summed E-state index contributed by atoms with van der Waals surface area (Å²) in [6, 6.07) is 5.70. The lowest BCUT2D eigenvalue weighted by Crippen LogP contribution is -2.37. The summed E-state index contributed by atoms with van der Waals surface area (Å²) in [6.45, 7) is 1.77. The molecule has 7 nitrogen and oxygen atoms in total. The fourth-order valence-corrected chi connectivity index (χ4v) is 4.30. The maximum atomic E-state index is 10.8. The largest absolute Gasteiger partial charge is 0.694 e. The standard InChI is InChI=1S/C18H17Cl2N4O3P/c19-15-4-3-13-14(12-7-21-22-8-12)6-16(23-18(13)17(15)20)24-5-1-2-11(9-24)10-27-28(25)26/h3-4,6-8,11H,1-2,5,9-10H2,(H-,21,22,25,26)/p+1. The molecule has 1 fully saturated rings. The van der Waals surface area contributed by atoms with Crippen molar-refractivity contribution in [3.8, 4) is 11.1 Å². The second kappa shape index (κ2) is 8.31. The van der Waals surface area contributed by atoms with Crippen LogP contribution in [0, 0.1) is 5.92 Å². The first-order chi connectivity index (χ1) is 13.5. The Morgan fingerprint density at radius 1 is 1.39 bits per heavy atom. The number of nitrogens with one attached hydrogen (secondary N) is 1. The molecule has 146 valence electrons. The average Bonchev–Trinajstić information content (AvgIpc) is 3.23. The molecule has 3 aromatic rings. The molecule has 1 aliphatic rings. The summed E-state index contributed by atoms with van der Waals surface area (Å²) in [6.07, 6.45) is 5.46. The van der Waals surface area contributed by atoms with Crippen LogP contribution in [0.15, 0.2) is 30.6 Å². The molecule has 2 atom stereocenters. The summed E-state index contributed by atoms with van der Waals surface area (Å²) in [5.41, 5.74) is 2.53. The van der Waals surface area contributed by atoms with Crippen molar-refractivity contribution in [2.75, 3.05) is 24.6 Å². The van der Waals surface area contributed by atoms with Crippen LogP contribution in [-0.2, 0) is 9.09 Å². The molecule has 2 unspecified atom stereocenters. The Morgan fingerprint density at radius 3 is 3.00 bits per heavy atom. The minimum atomic E-state index is -2.58. The van der Waals surface area contributed by atoms with Gasteiger partial charge in [0.25, 0.3) is 0 Å². The summed E-state index contributed by atoms with van der Waals surface area (Å²) in [5, 5.41) is 8.66. The Kier molecular flexibility index (Phi) is 5.80. The number of benzene rings is 1. The quantitative estimate of drug-likeness (QED) is 0.554. The number of piperidine rings is 1. The van der Waals surface area contributed by atoms with Gasteiger partial charge in [-0.1, -0.05) is 29.3 Å². The summed E-state index contributed by atoms with van der Waals surface area (Å²) >= 11 is 12.7. The summed E-state index contributed by atoms with van der Waals surface area (Å²) < 4.78 is 15.8. The monoisotopic (exact) mass is 439 g/mol. The van der Waals surface area contributed by atoms with Crippen LogP contribution in [0.5, 0.6) is 0 Å². The van der Waals surface area contributed by atoms with Crippen molar-refractivity contribution < 1.29 is 14.0 Å². The van der Waals surface area contributed by atoms with Gasteiger partial charge in [-0.25, -0.2) is 4.98 Å². The Labute approximate surface area is 172 Å². The lowest BCUT2D eigenvalue weighted by atomic mass is 9.98. The van der Waals surface area contributed by atoms with E-state index in [1.54, 1.807) is 12.3 Å². The molecular weight excluding hydrogens is 422 g/mol. The molecule has 0 amide bonds. The Morgan fingerprint density at radius 2 is 2.25 bits per heavy atom. The molecule has 1 aromatic carbocycles. The van der Waals surface area contributed by atoms with Gasteiger partial charge in [-0.2, -0.15) is 5.10 Å². The van der Waals surface area contributed by atoms with E-state index >= 15 is 0 Å². The van der Waals surface area contributed by atoms with Crippen LogP contribution in [-0.4, -0.2) is 39.8 Å². The van der Waals surface area contributed by atoms with Gasteiger partial charge >= 0.3 is 8.25 Å². The molecule has 3 heterocycles. The number of hydrogen-bond acceptors (Lipinski definition) is 5. The SMILES string of the molecule is O=[P+](O)OCC1CCCN(c2cc(-c3cn[nH]c3)c3ccc(Cl)c(Cl)c3n2)C1. The third-order valence-corrected chi connectivity index (χ3v) is 6.10. The second-order valence-electron chi connectivity index (χ2n) is 6.76. The van der Waals surface area contributed by atoms with E-state index in [-0.39, 0.29) is 12.5 Å². The van der Waals surface area contributed by atoms with Crippen LogP contribution in [0.25, 0.3) is 22.0 Å². The maximum Gasteiger partial charge on any atom is 0.694 e. The van der Waals surface area contributed by atoms with Crippen molar-refractivity contribution >= 4 is 48.2 Å². The summed E-state index contributed by atoms with van der Waals surface area (Å²) in [7, 11) is -2.58. The minimum absolute atomic E-state index is 0.157. The highest BCUT2D eigenvalue weighted by molar-refractivity contribution is 7.32. The summed E-state index contributed by atoms with van der Waals surface area (Å²) in [5.74, 6) is 0.940. The van der Waals surface area contributed by atoms with E-state index in [0.29, 0.717) is 22.1 Å². The predicted octanol–water partition coefficient (Wildman–Crippen LogP) is 4.81. The molecule has 1 aliphatic heterocycles. The van der Waals surface area contributed by atoms with Crippen molar-refractivity contribution in [2.45, 2.75) is 12.8 Å². The molecule has 1 saturated heterocycles. The number of halogens is 2. The van der Waals surface area contributed by atoms with Crippen LogP contribution in [0.2, 0.25) is 10.0 Å². The normalized spacial score (nSPS) is 17.9. The van der Waals surface area contributed by atoms with Gasteiger partial charge in [0.2, 0.25) is 0 Å². The number of hydrogen-bond donors (Lipinski definition) is 2. The van der Waals surface area contributed by atoms with E-state index < -0.39 is 8.25 Å². The molecule has 2 N–H and O–H groups in total. The van der Waals surface area contributed by atoms with E-state index in [1.165, 1.54) is 0 Å². The molecule has 0 saturated carbocycles. The molecule has 2 aromatic heterocycles. The van der Waals surface area contributed by atoms with Crippen LogP contribution in [0.1, 0.15) is 12.8 Å². The third kappa shape index (κ3) is 4.00. The van der Waals surface area contributed by atoms with Crippen LogP contribution < -0.4 is 4.90 Å². The number of fused-ring (bicyclic) bond motifs is 1. The Bertz CT molecular complexity index is 1020. The summed E-state index contributed by atoms with van der Waals surface area (Å²) in [4.78, 5) is 15.9. The maximum absolute atomic E-state index is 10.8. The van der Waals surface area contributed by atoms with Crippen molar-refractivity contribution in [1.29, 1.82) is 0 Å². The number of aromatic nitrogens is 3.